The lowest BCUT2D eigenvalue weighted by Gasteiger charge is -2.19. The summed E-state index contributed by atoms with van der Waals surface area (Å²) in [6.07, 6.45) is 1.23. The molecule has 2 aromatic carbocycles. The van der Waals surface area contributed by atoms with E-state index in [2.05, 4.69) is 5.32 Å². The smallest absolute Gasteiger partial charge is 0.340 e. The largest absolute Gasteiger partial charge is 0.462 e. The summed E-state index contributed by atoms with van der Waals surface area (Å²) in [5.41, 5.74) is 2.28. The van der Waals surface area contributed by atoms with Crippen LogP contribution in [0.2, 0.25) is 0 Å². The summed E-state index contributed by atoms with van der Waals surface area (Å²) in [5, 5.41) is 3.17. The van der Waals surface area contributed by atoms with Gasteiger partial charge in [0.1, 0.15) is 0 Å². The maximum atomic E-state index is 13.0. The van der Waals surface area contributed by atoms with Crippen molar-refractivity contribution < 1.29 is 19.1 Å². The predicted molar refractivity (Wildman–Crippen MR) is 106 cm³/mol. The Hall–Kier alpha value is -3.47. The van der Waals surface area contributed by atoms with E-state index in [9.17, 15) is 14.4 Å². The Kier molecular flexibility index (Phi) is 5.84. The summed E-state index contributed by atoms with van der Waals surface area (Å²) >= 11 is 0. The van der Waals surface area contributed by atoms with Crippen LogP contribution >= 0.6 is 0 Å². The zero-order chi connectivity index (χ0) is 20.1. The SMILES string of the molecule is CCOC(=O)/C(C1=CC(=O)c2ccccc2C1=O)=C(\C)NCc1ccccc1. The highest BCUT2D eigenvalue weighted by Crippen LogP contribution is 2.27. The first-order valence-corrected chi connectivity index (χ1v) is 9.08. The summed E-state index contributed by atoms with van der Waals surface area (Å²) in [6.45, 7) is 4.04. The quantitative estimate of drug-likeness (QED) is 0.617. The molecule has 0 fully saturated rings. The number of hydrogen-bond donors (Lipinski definition) is 1. The van der Waals surface area contributed by atoms with Crippen molar-refractivity contribution in [3.63, 3.8) is 0 Å². The number of ether oxygens (including phenoxy) is 1. The molecule has 1 N–H and O–H groups in total. The zero-order valence-corrected chi connectivity index (χ0v) is 15.8. The van der Waals surface area contributed by atoms with Crippen LogP contribution in [-0.4, -0.2) is 24.1 Å². The first-order valence-electron chi connectivity index (χ1n) is 9.08. The van der Waals surface area contributed by atoms with Crippen molar-refractivity contribution in [1.29, 1.82) is 0 Å². The van der Waals surface area contributed by atoms with Gasteiger partial charge in [0.25, 0.3) is 0 Å². The number of benzene rings is 2. The van der Waals surface area contributed by atoms with Crippen molar-refractivity contribution in [2.75, 3.05) is 6.61 Å². The summed E-state index contributed by atoms with van der Waals surface area (Å²) in [5.74, 6) is -1.30. The van der Waals surface area contributed by atoms with E-state index >= 15 is 0 Å². The fraction of sp³-hybridized carbons (Fsp3) is 0.174. The third-order valence-corrected chi connectivity index (χ3v) is 4.48. The Morgan fingerprint density at radius 3 is 2.29 bits per heavy atom. The van der Waals surface area contributed by atoms with Gasteiger partial charge >= 0.3 is 5.97 Å². The lowest BCUT2D eigenvalue weighted by molar-refractivity contribution is -0.138. The molecule has 0 radical (unpaired) electrons. The minimum absolute atomic E-state index is 0.0558. The molecule has 3 rings (SSSR count). The lowest BCUT2D eigenvalue weighted by atomic mass is 9.85. The molecule has 0 amide bonds. The zero-order valence-electron chi connectivity index (χ0n) is 15.8. The molecule has 5 heteroatoms. The minimum Gasteiger partial charge on any atom is -0.462 e. The summed E-state index contributed by atoms with van der Waals surface area (Å²) in [4.78, 5) is 38.1. The second-order valence-electron chi connectivity index (χ2n) is 6.36. The average molecular weight is 375 g/mol. The van der Waals surface area contributed by atoms with Gasteiger partial charge in [-0.25, -0.2) is 4.79 Å². The van der Waals surface area contributed by atoms with E-state index < -0.39 is 5.97 Å². The highest BCUT2D eigenvalue weighted by Gasteiger charge is 2.31. The molecule has 0 spiro atoms. The van der Waals surface area contributed by atoms with Gasteiger partial charge in [0.2, 0.25) is 0 Å². The van der Waals surface area contributed by atoms with E-state index in [1.54, 1.807) is 38.1 Å². The van der Waals surface area contributed by atoms with Crippen LogP contribution in [0.3, 0.4) is 0 Å². The van der Waals surface area contributed by atoms with Crippen LogP contribution in [0.5, 0.6) is 0 Å². The van der Waals surface area contributed by atoms with Crippen molar-refractivity contribution in [3.8, 4) is 0 Å². The normalized spacial score (nSPS) is 14.0. The Morgan fingerprint density at radius 1 is 0.964 bits per heavy atom. The summed E-state index contributed by atoms with van der Waals surface area (Å²) < 4.78 is 5.16. The number of fused-ring (bicyclic) bond motifs is 1. The van der Waals surface area contributed by atoms with Gasteiger partial charge in [-0.1, -0.05) is 54.6 Å². The van der Waals surface area contributed by atoms with Crippen LogP contribution < -0.4 is 5.32 Å². The van der Waals surface area contributed by atoms with E-state index in [0.717, 1.165) is 5.56 Å². The molecule has 5 nitrogen and oxygen atoms in total. The van der Waals surface area contributed by atoms with Crippen molar-refractivity contribution in [2.24, 2.45) is 0 Å². The second-order valence-corrected chi connectivity index (χ2v) is 6.36. The van der Waals surface area contributed by atoms with Crippen molar-refractivity contribution in [3.05, 3.63) is 94.2 Å². The molecule has 2 aromatic rings. The average Bonchev–Trinajstić information content (AvgIpc) is 2.71. The van der Waals surface area contributed by atoms with Crippen molar-refractivity contribution >= 4 is 17.5 Å². The van der Waals surface area contributed by atoms with Gasteiger partial charge in [-0.2, -0.15) is 0 Å². The summed E-state index contributed by atoms with van der Waals surface area (Å²) in [6, 6.07) is 16.3. The van der Waals surface area contributed by atoms with Crippen LogP contribution in [0, 0.1) is 0 Å². The second kappa shape index (κ2) is 8.48. The van der Waals surface area contributed by atoms with E-state index in [-0.39, 0.29) is 29.3 Å². The van der Waals surface area contributed by atoms with Crippen molar-refractivity contribution in [1.82, 2.24) is 5.32 Å². The molecule has 142 valence electrons. The Labute approximate surface area is 163 Å². The number of esters is 1. The van der Waals surface area contributed by atoms with Crippen LogP contribution in [0.4, 0.5) is 0 Å². The number of hydrogen-bond acceptors (Lipinski definition) is 5. The van der Waals surface area contributed by atoms with Gasteiger partial charge in [-0.15, -0.1) is 0 Å². The fourth-order valence-corrected chi connectivity index (χ4v) is 3.09. The predicted octanol–water partition coefficient (Wildman–Crippen LogP) is 3.62. The fourth-order valence-electron chi connectivity index (χ4n) is 3.09. The maximum Gasteiger partial charge on any atom is 0.340 e. The van der Waals surface area contributed by atoms with Crippen LogP contribution in [-0.2, 0) is 16.1 Å². The molecular weight excluding hydrogens is 354 g/mol. The molecule has 0 bridgehead atoms. The Balaban J connectivity index is 1.99. The number of nitrogens with one attached hydrogen (secondary N) is 1. The number of carbonyl (C=O) groups excluding carboxylic acids is 3. The maximum absolute atomic E-state index is 13.0. The molecule has 0 aliphatic heterocycles. The topological polar surface area (TPSA) is 72.5 Å². The van der Waals surface area contributed by atoms with Crippen LogP contribution in [0.25, 0.3) is 0 Å². The molecule has 0 aromatic heterocycles. The van der Waals surface area contributed by atoms with Gasteiger partial charge in [0.05, 0.1) is 12.2 Å². The highest BCUT2D eigenvalue weighted by molar-refractivity contribution is 6.28. The molecule has 1 aliphatic carbocycles. The van der Waals surface area contributed by atoms with Crippen LogP contribution in [0.15, 0.2) is 77.5 Å². The molecule has 0 unspecified atom stereocenters. The molecular formula is C23H21NO4. The molecule has 28 heavy (non-hydrogen) atoms. The van der Waals surface area contributed by atoms with Crippen molar-refractivity contribution in [2.45, 2.75) is 20.4 Å². The molecule has 0 atom stereocenters. The monoisotopic (exact) mass is 375 g/mol. The van der Waals surface area contributed by atoms with E-state index in [0.29, 0.717) is 23.4 Å². The van der Waals surface area contributed by atoms with Crippen LogP contribution in [0.1, 0.15) is 40.1 Å². The first kappa shape index (κ1) is 19.3. The van der Waals surface area contributed by atoms with Gasteiger partial charge in [0.15, 0.2) is 11.6 Å². The van der Waals surface area contributed by atoms with Gasteiger partial charge < -0.3 is 10.1 Å². The Morgan fingerprint density at radius 2 is 1.61 bits per heavy atom. The Bertz CT molecular complexity index is 987. The highest BCUT2D eigenvalue weighted by atomic mass is 16.5. The lowest BCUT2D eigenvalue weighted by Crippen LogP contribution is -2.25. The first-order chi connectivity index (χ1) is 13.5. The minimum atomic E-state index is -0.632. The standard InChI is InChI=1S/C23H21NO4/c1-3-28-23(27)21(15(2)24-14-16-9-5-4-6-10-16)19-13-20(25)17-11-7-8-12-18(17)22(19)26/h4-13,24H,3,14H2,1-2H3/b21-15+. The number of Topliss-reactive ketones (excluding diaryl/α,β-unsaturated/α-hetero) is 1. The van der Waals surface area contributed by atoms with E-state index in [4.69, 9.17) is 4.74 Å². The molecule has 0 saturated heterocycles. The number of carbonyl (C=O) groups is 3. The third-order valence-electron chi connectivity index (χ3n) is 4.48. The van der Waals surface area contributed by atoms with E-state index in [1.165, 1.54) is 6.08 Å². The third kappa shape index (κ3) is 3.93. The molecule has 0 saturated carbocycles. The molecule has 1 aliphatic rings. The molecule has 0 heterocycles. The van der Waals surface area contributed by atoms with Gasteiger partial charge in [-0.3, -0.25) is 9.59 Å². The number of ketones is 2. The van der Waals surface area contributed by atoms with Gasteiger partial charge in [0, 0.05) is 28.9 Å². The van der Waals surface area contributed by atoms with Gasteiger partial charge in [-0.05, 0) is 25.5 Å². The number of allylic oxidation sites excluding steroid dienone is 2. The van der Waals surface area contributed by atoms with E-state index in [1.807, 2.05) is 30.3 Å². The summed E-state index contributed by atoms with van der Waals surface area (Å²) in [7, 11) is 0. The number of rotatable bonds is 6.